The molecule has 4 rings (SSSR count). The zero-order valence-corrected chi connectivity index (χ0v) is 16.3. The summed E-state index contributed by atoms with van der Waals surface area (Å²) < 4.78 is 0. The largest absolute Gasteiger partial charge is 0.322 e. The van der Waals surface area contributed by atoms with Crippen LogP contribution in [-0.4, -0.2) is 10.9 Å². The summed E-state index contributed by atoms with van der Waals surface area (Å²) in [6.07, 6.45) is 6.30. The van der Waals surface area contributed by atoms with Gasteiger partial charge in [0.05, 0.1) is 11.1 Å². The molecule has 0 radical (unpaired) electrons. The van der Waals surface area contributed by atoms with Gasteiger partial charge in [0, 0.05) is 21.8 Å². The van der Waals surface area contributed by atoms with E-state index in [1.165, 1.54) is 18.4 Å². The smallest absolute Gasteiger partial charge is 0.256 e. The highest BCUT2D eigenvalue weighted by molar-refractivity contribution is 6.31. The first-order valence-corrected chi connectivity index (χ1v) is 10.0. The Morgan fingerprint density at radius 1 is 1.15 bits per heavy atom. The fourth-order valence-electron chi connectivity index (χ4n) is 3.82. The molecule has 0 saturated carbocycles. The minimum atomic E-state index is -0.0795. The Bertz CT molecular complexity index is 995. The molecule has 1 amide bonds. The molecular weight excluding hydrogens is 356 g/mol. The maximum atomic E-state index is 13.2. The number of unbranched alkanes of at least 4 members (excludes halogenated alkanes) is 1. The van der Waals surface area contributed by atoms with Gasteiger partial charge in [-0.25, -0.2) is 0 Å². The molecule has 27 heavy (non-hydrogen) atoms. The first-order chi connectivity index (χ1) is 13.2. The van der Waals surface area contributed by atoms with E-state index in [1.807, 2.05) is 30.3 Å². The Hall–Kier alpha value is -2.39. The summed E-state index contributed by atoms with van der Waals surface area (Å²) in [7, 11) is 0. The molecular formula is C23H23ClN2O. The van der Waals surface area contributed by atoms with Gasteiger partial charge < -0.3 is 5.32 Å². The Balaban J connectivity index is 1.67. The Labute approximate surface area is 164 Å². The van der Waals surface area contributed by atoms with Crippen molar-refractivity contribution in [3.63, 3.8) is 0 Å². The summed E-state index contributed by atoms with van der Waals surface area (Å²) in [6, 6.07) is 13.7. The van der Waals surface area contributed by atoms with Crippen molar-refractivity contribution in [3.8, 4) is 0 Å². The van der Waals surface area contributed by atoms with Crippen molar-refractivity contribution in [2.75, 3.05) is 5.32 Å². The van der Waals surface area contributed by atoms with Gasteiger partial charge in [-0.15, -0.1) is 0 Å². The van der Waals surface area contributed by atoms with Crippen molar-refractivity contribution in [2.45, 2.75) is 45.4 Å². The van der Waals surface area contributed by atoms with Gasteiger partial charge in [-0.1, -0.05) is 37.1 Å². The highest BCUT2D eigenvalue weighted by Gasteiger charge is 2.24. The number of anilines is 1. The van der Waals surface area contributed by atoms with Crippen LogP contribution in [0, 0.1) is 0 Å². The van der Waals surface area contributed by atoms with Crippen LogP contribution in [0.4, 0.5) is 5.69 Å². The number of rotatable bonds is 5. The molecule has 0 fully saturated rings. The van der Waals surface area contributed by atoms with Gasteiger partial charge in [0.15, 0.2) is 0 Å². The second-order valence-electron chi connectivity index (χ2n) is 7.18. The number of carbonyl (C=O) groups excluding carboxylic acids is 1. The highest BCUT2D eigenvalue weighted by atomic mass is 35.5. The van der Waals surface area contributed by atoms with Crippen molar-refractivity contribution >= 4 is 34.1 Å². The standard InChI is InChI=1S/C23H23ClN2O/c1-2-3-5-15-8-11-17(12-9-15)25-23(27)22-18-6-4-7-20(18)26-21-13-10-16(24)14-19(21)22/h8-14H,2-7H2,1H3,(H,25,27). The minimum absolute atomic E-state index is 0.0795. The zero-order valence-electron chi connectivity index (χ0n) is 15.5. The fourth-order valence-corrected chi connectivity index (χ4v) is 4.00. The molecule has 0 bridgehead atoms. The van der Waals surface area contributed by atoms with E-state index in [2.05, 4.69) is 24.4 Å². The van der Waals surface area contributed by atoms with E-state index in [4.69, 9.17) is 16.6 Å². The number of pyridine rings is 1. The molecule has 3 nitrogen and oxygen atoms in total. The van der Waals surface area contributed by atoms with Crippen LogP contribution in [-0.2, 0) is 19.3 Å². The summed E-state index contributed by atoms with van der Waals surface area (Å²) in [6.45, 7) is 2.19. The average Bonchev–Trinajstić information content (AvgIpc) is 3.13. The Morgan fingerprint density at radius 2 is 1.96 bits per heavy atom. The van der Waals surface area contributed by atoms with E-state index < -0.39 is 0 Å². The number of carbonyl (C=O) groups is 1. The lowest BCUT2D eigenvalue weighted by molar-refractivity contribution is 0.102. The van der Waals surface area contributed by atoms with E-state index in [0.717, 1.165) is 59.1 Å². The van der Waals surface area contributed by atoms with E-state index >= 15 is 0 Å². The van der Waals surface area contributed by atoms with Crippen molar-refractivity contribution < 1.29 is 4.79 Å². The summed E-state index contributed by atoms with van der Waals surface area (Å²) in [5, 5.41) is 4.53. The zero-order chi connectivity index (χ0) is 18.8. The molecule has 1 aromatic heterocycles. The number of aromatic nitrogens is 1. The molecule has 138 valence electrons. The third kappa shape index (κ3) is 3.70. The number of benzene rings is 2. The number of fused-ring (bicyclic) bond motifs is 2. The molecule has 1 aliphatic rings. The van der Waals surface area contributed by atoms with Crippen molar-refractivity contribution in [1.29, 1.82) is 0 Å². The van der Waals surface area contributed by atoms with Crippen LogP contribution in [0.2, 0.25) is 5.02 Å². The predicted molar refractivity (Wildman–Crippen MR) is 112 cm³/mol. The quantitative estimate of drug-likeness (QED) is 0.594. The second-order valence-corrected chi connectivity index (χ2v) is 7.62. The number of hydrogen-bond donors (Lipinski definition) is 1. The SMILES string of the molecule is CCCCc1ccc(NC(=O)c2c3c(nc4ccc(Cl)cc24)CCC3)cc1. The van der Waals surface area contributed by atoms with Crippen LogP contribution < -0.4 is 5.32 Å². The number of hydrogen-bond acceptors (Lipinski definition) is 2. The number of aryl methyl sites for hydroxylation is 2. The molecule has 0 aliphatic heterocycles. The number of amides is 1. The normalized spacial score (nSPS) is 13.0. The highest BCUT2D eigenvalue weighted by Crippen LogP contribution is 2.32. The lowest BCUT2D eigenvalue weighted by Gasteiger charge is -2.13. The number of nitrogens with one attached hydrogen (secondary N) is 1. The molecule has 1 heterocycles. The van der Waals surface area contributed by atoms with Gasteiger partial charge in [0.1, 0.15) is 0 Å². The van der Waals surface area contributed by atoms with Gasteiger partial charge in [-0.3, -0.25) is 9.78 Å². The van der Waals surface area contributed by atoms with E-state index in [0.29, 0.717) is 5.02 Å². The molecule has 0 saturated heterocycles. The lowest BCUT2D eigenvalue weighted by atomic mass is 10.0. The Morgan fingerprint density at radius 3 is 2.74 bits per heavy atom. The Kier molecular flexibility index (Phi) is 5.13. The van der Waals surface area contributed by atoms with Gasteiger partial charge in [-0.05, 0) is 73.6 Å². The molecule has 1 N–H and O–H groups in total. The van der Waals surface area contributed by atoms with Crippen molar-refractivity contribution in [1.82, 2.24) is 4.98 Å². The summed E-state index contributed by atoms with van der Waals surface area (Å²) >= 11 is 6.21. The van der Waals surface area contributed by atoms with Crippen LogP contribution in [0.3, 0.4) is 0 Å². The molecule has 0 spiro atoms. The molecule has 2 aromatic carbocycles. The van der Waals surface area contributed by atoms with Crippen molar-refractivity contribution in [2.24, 2.45) is 0 Å². The monoisotopic (exact) mass is 378 g/mol. The molecule has 0 unspecified atom stereocenters. The predicted octanol–water partition coefficient (Wildman–Crippen LogP) is 5.97. The summed E-state index contributed by atoms with van der Waals surface area (Å²) in [4.78, 5) is 17.9. The number of halogens is 1. The molecule has 0 atom stereocenters. The molecule has 1 aliphatic carbocycles. The van der Waals surface area contributed by atoms with Crippen LogP contribution in [0.25, 0.3) is 10.9 Å². The maximum absolute atomic E-state index is 13.2. The first-order valence-electron chi connectivity index (χ1n) is 9.67. The van der Waals surface area contributed by atoms with E-state index in [-0.39, 0.29) is 5.91 Å². The summed E-state index contributed by atoms with van der Waals surface area (Å²) in [5.74, 6) is -0.0795. The maximum Gasteiger partial charge on any atom is 0.256 e. The number of nitrogens with zero attached hydrogens (tertiary/aromatic N) is 1. The first kappa shape index (κ1) is 18.0. The summed E-state index contributed by atoms with van der Waals surface area (Å²) in [5.41, 5.74) is 5.80. The van der Waals surface area contributed by atoms with Crippen LogP contribution in [0.5, 0.6) is 0 Å². The average molecular weight is 379 g/mol. The molecule has 4 heteroatoms. The van der Waals surface area contributed by atoms with E-state index in [9.17, 15) is 4.79 Å². The van der Waals surface area contributed by atoms with Crippen molar-refractivity contribution in [3.05, 3.63) is 69.9 Å². The van der Waals surface area contributed by atoms with Gasteiger partial charge in [0.2, 0.25) is 0 Å². The molecule has 3 aromatic rings. The van der Waals surface area contributed by atoms with Gasteiger partial charge in [0.25, 0.3) is 5.91 Å². The van der Waals surface area contributed by atoms with Gasteiger partial charge >= 0.3 is 0 Å². The third-order valence-corrected chi connectivity index (χ3v) is 5.47. The van der Waals surface area contributed by atoms with Crippen LogP contribution in [0.1, 0.15) is 53.4 Å². The third-order valence-electron chi connectivity index (χ3n) is 5.23. The van der Waals surface area contributed by atoms with E-state index in [1.54, 1.807) is 0 Å². The van der Waals surface area contributed by atoms with Gasteiger partial charge in [-0.2, -0.15) is 0 Å². The van der Waals surface area contributed by atoms with Crippen LogP contribution in [0.15, 0.2) is 42.5 Å². The van der Waals surface area contributed by atoms with Crippen LogP contribution >= 0.6 is 11.6 Å². The second kappa shape index (κ2) is 7.69. The fraction of sp³-hybridized carbons (Fsp3) is 0.304. The minimum Gasteiger partial charge on any atom is -0.322 e. The topological polar surface area (TPSA) is 42.0 Å². The lowest BCUT2D eigenvalue weighted by Crippen LogP contribution is -2.15.